The molecule has 1 aromatic heterocycles. The number of hydrogen-bond acceptors (Lipinski definition) is 6. The molecule has 2 aliphatic heterocycles. The second-order valence-corrected chi connectivity index (χ2v) is 7.54. The van der Waals surface area contributed by atoms with Crippen molar-refractivity contribution in [1.82, 2.24) is 4.90 Å². The molecule has 1 N–H and O–H groups in total. The Morgan fingerprint density at radius 1 is 1.07 bits per heavy atom. The van der Waals surface area contributed by atoms with Gasteiger partial charge in [0.05, 0.1) is 43.8 Å². The summed E-state index contributed by atoms with van der Waals surface area (Å²) in [6, 6.07) is 13.3. The molecule has 8 nitrogen and oxygen atoms in total. The van der Waals surface area contributed by atoms with Crippen LogP contribution in [0.15, 0.2) is 58.5 Å². The molecule has 0 radical (unpaired) electrons. The van der Waals surface area contributed by atoms with Crippen molar-refractivity contribution in [3.05, 3.63) is 59.8 Å². The van der Waals surface area contributed by atoms with Gasteiger partial charge in [0.2, 0.25) is 5.78 Å². The van der Waals surface area contributed by atoms with Crippen LogP contribution in [0.5, 0.6) is 0 Å². The highest BCUT2D eigenvalue weighted by Gasteiger charge is 2.33. The van der Waals surface area contributed by atoms with Gasteiger partial charge >= 0.3 is 0 Å². The number of nitrogens with one attached hydrogen (secondary N) is 1. The summed E-state index contributed by atoms with van der Waals surface area (Å²) in [5.41, 5.74) is 2.10. The van der Waals surface area contributed by atoms with E-state index in [0.29, 0.717) is 37.8 Å². The molecule has 0 bridgehead atoms. The van der Waals surface area contributed by atoms with E-state index >= 15 is 0 Å². The predicted molar refractivity (Wildman–Crippen MR) is 111 cm³/mol. The summed E-state index contributed by atoms with van der Waals surface area (Å²) in [5, 5.41) is 9.77. The van der Waals surface area contributed by atoms with Gasteiger partial charge in [0.25, 0.3) is 5.91 Å². The zero-order chi connectivity index (χ0) is 21.3. The highest BCUT2D eigenvalue weighted by atomic mass is 16.3. The van der Waals surface area contributed by atoms with Gasteiger partial charge in [-0.25, -0.2) is 0 Å². The summed E-state index contributed by atoms with van der Waals surface area (Å²) >= 11 is 0. The lowest BCUT2D eigenvalue weighted by atomic mass is 10.1. The number of nitrogens with zero attached hydrogens (tertiary/aromatic N) is 4. The Bertz CT molecular complexity index is 998. The Labute approximate surface area is 175 Å². The molecule has 4 rings (SSSR count). The number of amides is 1. The molecule has 0 atom stereocenters. The largest absolute Gasteiger partial charge is 0.459 e. The summed E-state index contributed by atoms with van der Waals surface area (Å²) in [6.07, 6.45) is 1.49. The number of nitriles is 1. The molecule has 0 spiro atoms. The minimum absolute atomic E-state index is 0.128. The average molecular weight is 406 g/mol. The summed E-state index contributed by atoms with van der Waals surface area (Å²) < 4.78 is 5.19. The summed E-state index contributed by atoms with van der Waals surface area (Å²) in [7, 11) is 3.74. The third-order valence-corrected chi connectivity index (χ3v) is 5.75. The quantitative estimate of drug-likeness (QED) is 0.588. The van der Waals surface area contributed by atoms with Crippen molar-refractivity contribution in [2.24, 2.45) is 0 Å². The number of para-hydroxylation sites is 2. The minimum Gasteiger partial charge on any atom is -0.459 e. The number of quaternary nitrogens is 1. The first-order valence-corrected chi connectivity index (χ1v) is 9.91. The van der Waals surface area contributed by atoms with Gasteiger partial charge in [-0.3, -0.25) is 9.59 Å². The van der Waals surface area contributed by atoms with Gasteiger partial charge in [-0.05, 0) is 24.3 Å². The van der Waals surface area contributed by atoms with Gasteiger partial charge in [0.1, 0.15) is 24.0 Å². The molecule has 1 saturated heterocycles. The van der Waals surface area contributed by atoms with E-state index in [2.05, 4.69) is 6.07 Å². The molecule has 2 aromatic rings. The van der Waals surface area contributed by atoms with Gasteiger partial charge < -0.3 is 24.0 Å². The van der Waals surface area contributed by atoms with Crippen LogP contribution in [0.2, 0.25) is 0 Å². The number of piperazine rings is 1. The van der Waals surface area contributed by atoms with Crippen molar-refractivity contribution < 1.29 is 18.9 Å². The SMILES string of the molecule is CN1C(=C(C#N)C(=O)C[NH+]2CCN(C(=O)c3ccco3)CC2)N(C)c2ccccc21. The third kappa shape index (κ3) is 3.44. The van der Waals surface area contributed by atoms with E-state index in [1.165, 1.54) is 6.26 Å². The van der Waals surface area contributed by atoms with Crippen LogP contribution in [0.3, 0.4) is 0 Å². The lowest BCUT2D eigenvalue weighted by Gasteiger charge is -2.31. The maximum Gasteiger partial charge on any atom is 0.289 e. The number of carbonyl (C=O) groups excluding carboxylic acids is 2. The minimum atomic E-state index is -0.181. The number of carbonyl (C=O) groups is 2. The molecule has 8 heteroatoms. The molecular weight excluding hydrogens is 382 g/mol. The van der Waals surface area contributed by atoms with Crippen LogP contribution >= 0.6 is 0 Å². The smallest absolute Gasteiger partial charge is 0.289 e. The van der Waals surface area contributed by atoms with Crippen LogP contribution in [0.4, 0.5) is 11.4 Å². The van der Waals surface area contributed by atoms with Gasteiger partial charge in [0, 0.05) is 14.1 Å². The molecule has 1 fully saturated rings. The van der Waals surface area contributed by atoms with E-state index < -0.39 is 0 Å². The molecular formula is C22H24N5O3+. The molecule has 154 valence electrons. The fourth-order valence-corrected chi connectivity index (χ4v) is 4.13. The van der Waals surface area contributed by atoms with Gasteiger partial charge in [0.15, 0.2) is 5.76 Å². The summed E-state index contributed by atoms with van der Waals surface area (Å²) in [5.74, 6) is 0.629. The lowest BCUT2D eigenvalue weighted by molar-refractivity contribution is -0.895. The maximum absolute atomic E-state index is 13.0. The molecule has 30 heavy (non-hydrogen) atoms. The molecule has 1 aromatic carbocycles. The average Bonchev–Trinajstić information content (AvgIpc) is 3.38. The Morgan fingerprint density at radius 3 is 2.23 bits per heavy atom. The Balaban J connectivity index is 1.43. The second kappa shape index (κ2) is 8.05. The second-order valence-electron chi connectivity index (χ2n) is 7.54. The van der Waals surface area contributed by atoms with Crippen LogP contribution < -0.4 is 14.7 Å². The van der Waals surface area contributed by atoms with Gasteiger partial charge in [-0.15, -0.1) is 0 Å². The summed E-state index contributed by atoms with van der Waals surface area (Å²) in [4.78, 5) is 32.0. The molecule has 3 heterocycles. The van der Waals surface area contributed by atoms with Crippen LogP contribution in [0.1, 0.15) is 10.6 Å². The maximum atomic E-state index is 13.0. The van der Waals surface area contributed by atoms with Crippen molar-refractivity contribution in [3.8, 4) is 6.07 Å². The van der Waals surface area contributed by atoms with E-state index in [4.69, 9.17) is 4.42 Å². The van der Waals surface area contributed by atoms with Crippen LogP contribution in [-0.4, -0.2) is 63.4 Å². The normalized spacial score (nSPS) is 16.4. The first kappa shape index (κ1) is 19.7. The first-order chi connectivity index (χ1) is 14.5. The van der Waals surface area contributed by atoms with Crippen LogP contribution in [0.25, 0.3) is 0 Å². The Morgan fingerprint density at radius 2 is 1.70 bits per heavy atom. The molecule has 2 aliphatic rings. The van der Waals surface area contributed by atoms with Crippen molar-refractivity contribution in [2.75, 3.05) is 56.6 Å². The first-order valence-electron chi connectivity index (χ1n) is 9.91. The Kier molecular flexibility index (Phi) is 5.29. The van der Waals surface area contributed by atoms with Crippen molar-refractivity contribution in [3.63, 3.8) is 0 Å². The molecule has 0 aliphatic carbocycles. The number of fused-ring (bicyclic) bond motifs is 1. The number of furan rings is 1. The van der Waals surface area contributed by atoms with Crippen LogP contribution in [-0.2, 0) is 4.79 Å². The van der Waals surface area contributed by atoms with Crippen LogP contribution in [0, 0.1) is 11.3 Å². The van der Waals surface area contributed by atoms with E-state index in [0.717, 1.165) is 16.3 Å². The number of hydrogen-bond donors (Lipinski definition) is 1. The highest BCUT2D eigenvalue weighted by molar-refractivity contribution is 6.03. The van der Waals surface area contributed by atoms with E-state index in [9.17, 15) is 14.9 Å². The Hall–Kier alpha value is -3.57. The lowest BCUT2D eigenvalue weighted by Crippen LogP contribution is -3.15. The number of ketones is 1. The third-order valence-electron chi connectivity index (χ3n) is 5.75. The summed E-state index contributed by atoms with van der Waals surface area (Å²) in [6.45, 7) is 2.63. The predicted octanol–water partition coefficient (Wildman–Crippen LogP) is 0.511. The number of anilines is 2. The zero-order valence-electron chi connectivity index (χ0n) is 17.1. The van der Waals surface area contributed by atoms with E-state index in [1.54, 1.807) is 17.0 Å². The van der Waals surface area contributed by atoms with E-state index in [1.807, 2.05) is 48.2 Å². The monoisotopic (exact) mass is 406 g/mol. The van der Waals surface area contributed by atoms with Crippen molar-refractivity contribution in [2.45, 2.75) is 0 Å². The number of benzene rings is 1. The highest BCUT2D eigenvalue weighted by Crippen LogP contribution is 2.40. The van der Waals surface area contributed by atoms with E-state index in [-0.39, 0.29) is 23.8 Å². The van der Waals surface area contributed by atoms with Crippen molar-refractivity contribution in [1.29, 1.82) is 5.26 Å². The standard InChI is InChI=1S/C22H23N5O3/c1-24-17-6-3-4-7-18(17)25(2)21(24)16(14-23)19(28)15-26-9-11-27(12-10-26)22(29)20-8-5-13-30-20/h3-8,13H,9-12,15H2,1-2H3/p+1. The zero-order valence-corrected chi connectivity index (χ0v) is 17.1. The fraction of sp³-hybridized carbons (Fsp3) is 0.318. The van der Waals surface area contributed by atoms with Gasteiger partial charge in [-0.1, -0.05) is 12.1 Å². The molecule has 0 saturated carbocycles. The fourth-order valence-electron chi connectivity index (χ4n) is 4.13. The van der Waals surface area contributed by atoms with Gasteiger partial charge in [-0.2, -0.15) is 5.26 Å². The molecule has 0 unspecified atom stereocenters. The van der Waals surface area contributed by atoms with Crippen molar-refractivity contribution >= 4 is 23.1 Å². The number of rotatable bonds is 4. The topological polar surface area (TPSA) is 85.2 Å². The number of Topliss-reactive ketones (excluding diaryl/α,β-unsaturated/α-hetero) is 1. The molecule has 1 amide bonds.